The van der Waals surface area contributed by atoms with E-state index in [1.54, 1.807) is 0 Å². The van der Waals surface area contributed by atoms with Crippen LogP contribution in [0, 0.1) is 11.3 Å². The second-order valence-corrected chi connectivity index (χ2v) is 6.25. The molecule has 0 saturated carbocycles. The molecule has 0 aliphatic carbocycles. The van der Waals surface area contributed by atoms with E-state index in [0.29, 0.717) is 18.1 Å². The largest absolute Gasteiger partial charge is 0.378 e. The third-order valence-corrected chi connectivity index (χ3v) is 4.22. The highest BCUT2D eigenvalue weighted by molar-refractivity contribution is 7.80. The van der Waals surface area contributed by atoms with E-state index in [2.05, 4.69) is 16.3 Å². The van der Waals surface area contributed by atoms with Crippen LogP contribution in [0.2, 0.25) is 0 Å². The molecule has 2 rings (SSSR count). The summed E-state index contributed by atoms with van der Waals surface area (Å²) in [5, 5.41) is 12.8. The van der Waals surface area contributed by atoms with E-state index >= 15 is 0 Å². The van der Waals surface area contributed by atoms with Gasteiger partial charge in [0.25, 0.3) is 0 Å². The topological polar surface area (TPSA) is 51.5 Å². The standard InChI is InChI=1S/C17H24N4OS/c1-20(2)15-8-6-14(7-9-15)19-17(23)21(11-4-10-18)13-16-5-3-12-22-16/h6-9,16H,3-5,11-13H2,1-2H3,(H,19,23). The van der Waals surface area contributed by atoms with E-state index < -0.39 is 0 Å². The first-order valence-electron chi connectivity index (χ1n) is 7.92. The Morgan fingerprint density at radius 2 is 2.13 bits per heavy atom. The van der Waals surface area contributed by atoms with Gasteiger partial charge in [-0.3, -0.25) is 0 Å². The molecule has 0 amide bonds. The zero-order valence-electron chi connectivity index (χ0n) is 13.8. The minimum Gasteiger partial charge on any atom is -0.378 e. The lowest BCUT2D eigenvalue weighted by Gasteiger charge is -2.27. The summed E-state index contributed by atoms with van der Waals surface area (Å²) in [5.74, 6) is 0. The van der Waals surface area contributed by atoms with Gasteiger partial charge in [0.1, 0.15) is 0 Å². The zero-order chi connectivity index (χ0) is 16.7. The van der Waals surface area contributed by atoms with Gasteiger partial charge in [-0.2, -0.15) is 5.26 Å². The molecule has 0 radical (unpaired) electrons. The molecule has 23 heavy (non-hydrogen) atoms. The first-order chi connectivity index (χ1) is 11.1. The molecule has 1 aliphatic heterocycles. The summed E-state index contributed by atoms with van der Waals surface area (Å²) in [4.78, 5) is 4.09. The molecule has 0 spiro atoms. The van der Waals surface area contributed by atoms with Gasteiger partial charge in [0.2, 0.25) is 0 Å². The molecule has 1 aromatic carbocycles. The lowest BCUT2D eigenvalue weighted by Crippen LogP contribution is -2.40. The van der Waals surface area contributed by atoms with Crippen molar-refractivity contribution in [1.29, 1.82) is 5.26 Å². The number of hydrogen-bond acceptors (Lipinski definition) is 4. The van der Waals surface area contributed by atoms with E-state index in [1.165, 1.54) is 0 Å². The van der Waals surface area contributed by atoms with E-state index in [0.717, 1.165) is 37.4 Å². The van der Waals surface area contributed by atoms with Crippen LogP contribution in [0.1, 0.15) is 19.3 Å². The molecule has 1 atom stereocenters. The van der Waals surface area contributed by atoms with E-state index in [4.69, 9.17) is 22.2 Å². The van der Waals surface area contributed by atoms with E-state index in [-0.39, 0.29) is 6.10 Å². The van der Waals surface area contributed by atoms with Crippen molar-refractivity contribution < 1.29 is 4.74 Å². The average molecular weight is 332 g/mol. The van der Waals surface area contributed by atoms with Gasteiger partial charge in [0, 0.05) is 45.2 Å². The van der Waals surface area contributed by atoms with Gasteiger partial charge in [-0.1, -0.05) is 0 Å². The molecule has 0 aromatic heterocycles. The van der Waals surface area contributed by atoms with Crippen LogP contribution >= 0.6 is 12.2 Å². The fourth-order valence-corrected chi connectivity index (χ4v) is 2.82. The monoisotopic (exact) mass is 332 g/mol. The van der Waals surface area contributed by atoms with Crippen molar-refractivity contribution in [1.82, 2.24) is 4.90 Å². The van der Waals surface area contributed by atoms with Crippen LogP contribution in [0.3, 0.4) is 0 Å². The van der Waals surface area contributed by atoms with Gasteiger partial charge in [-0.05, 0) is 49.3 Å². The van der Waals surface area contributed by atoms with Gasteiger partial charge in [0.05, 0.1) is 18.6 Å². The number of hydrogen-bond donors (Lipinski definition) is 1. The Balaban J connectivity index is 1.96. The summed E-state index contributed by atoms with van der Waals surface area (Å²) in [5.41, 5.74) is 2.09. The van der Waals surface area contributed by atoms with Gasteiger partial charge < -0.3 is 19.9 Å². The van der Waals surface area contributed by atoms with Crippen molar-refractivity contribution in [3.8, 4) is 6.07 Å². The van der Waals surface area contributed by atoms with Crippen LogP contribution in [0.15, 0.2) is 24.3 Å². The Morgan fingerprint density at radius 1 is 1.39 bits per heavy atom. The lowest BCUT2D eigenvalue weighted by molar-refractivity contribution is 0.0922. The molecule has 1 aliphatic rings. The number of nitriles is 1. The normalized spacial score (nSPS) is 16.7. The van der Waals surface area contributed by atoms with Gasteiger partial charge in [0.15, 0.2) is 5.11 Å². The molecule has 1 saturated heterocycles. The molecule has 6 heteroatoms. The van der Waals surface area contributed by atoms with Crippen molar-refractivity contribution in [2.75, 3.05) is 44.0 Å². The first-order valence-corrected chi connectivity index (χ1v) is 8.33. The summed E-state index contributed by atoms with van der Waals surface area (Å²) in [7, 11) is 4.02. The molecule has 5 nitrogen and oxygen atoms in total. The SMILES string of the molecule is CN(C)c1ccc(NC(=S)N(CCC#N)CC2CCCO2)cc1. The Kier molecular flexibility index (Phi) is 6.63. The van der Waals surface area contributed by atoms with Crippen LogP contribution in [-0.2, 0) is 4.74 Å². The highest BCUT2D eigenvalue weighted by atomic mass is 32.1. The minimum absolute atomic E-state index is 0.213. The molecule has 1 fully saturated rings. The first kappa shape index (κ1) is 17.5. The van der Waals surface area contributed by atoms with Gasteiger partial charge in [-0.15, -0.1) is 0 Å². The number of rotatable bonds is 6. The summed E-state index contributed by atoms with van der Waals surface area (Å²) in [6.07, 6.45) is 2.82. The molecular formula is C17H24N4OS. The number of ether oxygens (including phenoxy) is 1. The predicted molar refractivity (Wildman–Crippen MR) is 97.8 cm³/mol. The molecular weight excluding hydrogens is 308 g/mol. The molecule has 1 unspecified atom stereocenters. The Hall–Kier alpha value is -1.84. The van der Waals surface area contributed by atoms with Crippen LogP contribution in [0.4, 0.5) is 11.4 Å². The van der Waals surface area contributed by atoms with Crippen molar-refractivity contribution in [2.24, 2.45) is 0 Å². The Bertz CT molecular complexity index is 547. The molecule has 0 bridgehead atoms. The minimum atomic E-state index is 0.213. The predicted octanol–water partition coefficient (Wildman–Crippen LogP) is 2.84. The molecule has 1 heterocycles. The van der Waals surface area contributed by atoms with Crippen LogP contribution in [-0.4, -0.2) is 49.9 Å². The fraction of sp³-hybridized carbons (Fsp3) is 0.529. The second kappa shape index (κ2) is 8.70. The second-order valence-electron chi connectivity index (χ2n) is 5.86. The van der Waals surface area contributed by atoms with Gasteiger partial charge >= 0.3 is 0 Å². The van der Waals surface area contributed by atoms with E-state index in [9.17, 15) is 0 Å². The lowest BCUT2D eigenvalue weighted by atomic mass is 10.2. The quantitative estimate of drug-likeness (QED) is 0.809. The fourth-order valence-electron chi connectivity index (χ4n) is 2.54. The molecule has 1 N–H and O–H groups in total. The molecule has 124 valence electrons. The van der Waals surface area contributed by atoms with Crippen LogP contribution in [0.25, 0.3) is 0 Å². The highest BCUT2D eigenvalue weighted by Gasteiger charge is 2.20. The number of nitrogens with one attached hydrogen (secondary N) is 1. The third kappa shape index (κ3) is 5.38. The maximum atomic E-state index is 8.85. The Labute approximate surface area is 143 Å². The third-order valence-electron chi connectivity index (χ3n) is 3.86. The Morgan fingerprint density at radius 3 is 2.70 bits per heavy atom. The number of nitrogens with zero attached hydrogens (tertiary/aromatic N) is 3. The summed E-state index contributed by atoms with van der Waals surface area (Å²) < 4.78 is 5.69. The number of thiocarbonyl (C=S) groups is 1. The smallest absolute Gasteiger partial charge is 0.173 e. The van der Waals surface area contributed by atoms with E-state index in [1.807, 2.05) is 43.3 Å². The number of benzene rings is 1. The van der Waals surface area contributed by atoms with Crippen molar-refractivity contribution in [2.45, 2.75) is 25.4 Å². The van der Waals surface area contributed by atoms with Crippen LogP contribution in [0.5, 0.6) is 0 Å². The number of anilines is 2. The highest BCUT2D eigenvalue weighted by Crippen LogP contribution is 2.17. The average Bonchev–Trinajstić information content (AvgIpc) is 3.05. The van der Waals surface area contributed by atoms with Gasteiger partial charge in [-0.25, -0.2) is 0 Å². The molecule has 1 aromatic rings. The maximum absolute atomic E-state index is 8.85. The maximum Gasteiger partial charge on any atom is 0.173 e. The summed E-state index contributed by atoms with van der Waals surface area (Å²) in [6.45, 7) is 2.18. The van der Waals surface area contributed by atoms with Crippen molar-refractivity contribution >= 4 is 28.7 Å². The zero-order valence-corrected chi connectivity index (χ0v) is 14.6. The van der Waals surface area contributed by atoms with Crippen molar-refractivity contribution in [3.63, 3.8) is 0 Å². The van der Waals surface area contributed by atoms with Crippen LogP contribution < -0.4 is 10.2 Å². The summed E-state index contributed by atoms with van der Waals surface area (Å²) in [6, 6.07) is 10.3. The summed E-state index contributed by atoms with van der Waals surface area (Å²) >= 11 is 5.53. The van der Waals surface area contributed by atoms with Crippen molar-refractivity contribution in [3.05, 3.63) is 24.3 Å².